The van der Waals surface area contributed by atoms with E-state index in [2.05, 4.69) is 0 Å². The fourth-order valence-corrected chi connectivity index (χ4v) is 5.15. The van der Waals surface area contributed by atoms with Crippen molar-refractivity contribution >= 4 is 40.7 Å². The van der Waals surface area contributed by atoms with Crippen molar-refractivity contribution in [1.82, 2.24) is 4.90 Å². The first-order valence-electron chi connectivity index (χ1n) is 6.73. The molecule has 0 saturated carbocycles. The van der Waals surface area contributed by atoms with Crippen LogP contribution in [0.1, 0.15) is 10.3 Å². The summed E-state index contributed by atoms with van der Waals surface area (Å²) < 4.78 is 13.0. The van der Waals surface area contributed by atoms with E-state index in [1.807, 2.05) is 17.5 Å². The summed E-state index contributed by atoms with van der Waals surface area (Å²) >= 11 is 3.18. The molecule has 2 aromatic rings. The van der Waals surface area contributed by atoms with Gasteiger partial charge in [0, 0.05) is 10.6 Å². The van der Waals surface area contributed by atoms with Crippen LogP contribution >= 0.6 is 23.1 Å². The lowest BCUT2D eigenvalue weighted by Gasteiger charge is -2.21. The highest BCUT2D eigenvalue weighted by atomic mass is 32.2. The Morgan fingerprint density at radius 3 is 2.59 bits per heavy atom. The van der Waals surface area contributed by atoms with Crippen LogP contribution in [-0.2, 0) is 4.79 Å². The van der Waals surface area contributed by atoms with Gasteiger partial charge < -0.3 is 0 Å². The van der Waals surface area contributed by atoms with E-state index in [1.165, 1.54) is 24.3 Å². The number of benzene rings is 1. The van der Waals surface area contributed by atoms with Crippen molar-refractivity contribution in [2.45, 2.75) is 11.4 Å². The Morgan fingerprint density at radius 2 is 1.91 bits per heavy atom. The minimum atomic E-state index is -0.436. The fourth-order valence-electron chi connectivity index (χ4n) is 2.77. The molecule has 0 N–H and O–H groups in total. The number of nitrogens with zero attached hydrogens (tertiary/aromatic N) is 2. The molecule has 4 nitrogen and oxygen atoms in total. The van der Waals surface area contributed by atoms with Crippen LogP contribution in [0, 0.1) is 5.82 Å². The largest absolute Gasteiger partial charge is 0.333 e. The third kappa shape index (κ3) is 1.96. The number of rotatable bonds is 2. The quantitative estimate of drug-likeness (QED) is 0.790. The highest BCUT2D eigenvalue weighted by Crippen LogP contribution is 2.47. The van der Waals surface area contributed by atoms with Crippen LogP contribution in [0.25, 0.3) is 0 Å². The molecule has 0 bridgehead atoms. The lowest BCUT2D eigenvalue weighted by atomic mass is 10.2. The SMILES string of the molecule is O=C1[C@@H]2CS[C@H](c3cccs3)N2C(=O)N1c1ccc(F)cc1. The van der Waals surface area contributed by atoms with Gasteiger partial charge in [-0.25, -0.2) is 14.1 Å². The number of carbonyl (C=O) groups is 2. The van der Waals surface area contributed by atoms with E-state index in [9.17, 15) is 14.0 Å². The molecular weight excluding hydrogens is 323 g/mol. The zero-order valence-electron chi connectivity index (χ0n) is 11.3. The Hall–Kier alpha value is -1.86. The maximum atomic E-state index is 13.0. The maximum Gasteiger partial charge on any atom is 0.333 e. The Labute approximate surface area is 134 Å². The van der Waals surface area contributed by atoms with Gasteiger partial charge >= 0.3 is 6.03 Å². The summed E-state index contributed by atoms with van der Waals surface area (Å²) in [6, 6.07) is 8.58. The Balaban J connectivity index is 1.69. The van der Waals surface area contributed by atoms with E-state index in [1.54, 1.807) is 28.0 Å². The number of hydrogen-bond acceptors (Lipinski definition) is 4. The van der Waals surface area contributed by atoms with E-state index in [4.69, 9.17) is 0 Å². The second-order valence-corrected chi connectivity index (χ2v) is 7.15. The topological polar surface area (TPSA) is 40.6 Å². The van der Waals surface area contributed by atoms with Crippen molar-refractivity contribution in [2.75, 3.05) is 10.7 Å². The van der Waals surface area contributed by atoms with Crippen molar-refractivity contribution in [3.05, 3.63) is 52.5 Å². The molecule has 0 spiro atoms. The molecule has 3 amide bonds. The monoisotopic (exact) mass is 334 g/mol. The van der Waals surface area contributed by atoms with Crippen molar-refractivity contribution in [1.29, 1.82) is 0 Å². The van der Waals surface area contributed by atoms with Gasteiger partial charge in [-0.05, 0) is 35.7 Å². The zero-order valence-corrected chi connectivity index (χ0v) is 12.9. The summed E-state index contributed by atoms with van der Waals surface area (Å²) in [5.41, 5.74) is 0.417. The summed E-state index contributed by atoms with van der Waals surface area (Å²) in [7, 11) is 0. The minimum Gasteiger partial charge on any atom is -0.294 e. The number of hydrogen-bond donors (Lipinski definition) is 0. The average Bonchev–Trinajstić information content (AvgIpc) is 3.21. The summed E-state index contributed by atoms with van der Waals surface area (Å²) in [5.74, 6) is -0.0382. The van der Waals surface area contributed by atoms with Crippen molar-refractivity contribution in [3.8, 4) is 0 Å². The molecule has 2 fully saturated rings. The first kappa shape index (κ1) is 13.8. The van der Waals surface area contributed by atoms with Crippen LogP contribution < -0.4 is 4.90 Å². The molecular formula is C15H11FN2O2S2. The Kier molecular flexibility index (Phi) is 3.19. The van der Waals surface area contributed by atoms with Gasteiger partial charge in [0.25, 0.3) is 5.91 Å². The number of anilines is 1. The predicted molar refractivity (Wildman–Crippen MR) is 84.4 cm³/mol. The summed E-state index contributed by atoms with van der Waals surface area (Å²) in [5, 5.41) is 1.84. The van der Waals surface area contributed by atoms with E-state index >= 15 is 0 Å². The molecule has 1 aromatic carbocycles. The van der Waals surface area contributed by atoms with Crippen molar-refractivity contribution in [2.24, 2.45) is 0 Å². The number of urea groups is 1. The van der Waals surface area contributed by atoms with Crippen LogP contribution in [0.15, 0.2) is 41.8 Å². The molecule has 4 rings (SSSR count). The standard InChI is InChI=1S/C15H11FN2O2S2/c16-9-3-5-10(6-4-9)17-13(19)11-8-22-14(18(11)15(17)20)12-2-1-7-21-12/h1-7,11,14H,8H2/t11-,14+/m0/s1. The van der Waals surface area contributed by atoms with Gasteiger partial charge in [0.15, 0.2) is 0 Å². The normalized spacial score (nSPS) is 24.2. The van der Waals surface area contributed by atoms with Crippen LogP contribution in [0.3, 0.4) is 0 Å². The zero-order chi connectivity index (χ0) is 15.3. The number of carbonyl (C=O) groups excluding carboxylic acids is 2. The molecule has 0 radical (unpaired) electrons. The van der Waals surface area contributed by atoms with E-state index < -0.39 is 11.9 Å². The van der Waals surface area contributed by atoms with Gasteiger partial charge in [0.1, 0.15) is 17.2 Å². The molecule has 0 unspecified atom stereocenters. The third-order valence-electron chi connectivity index (χ3n) is 3.79. The molecule has 2 aliphatic rings. The summed E-state index contributed by atoms with van der Waals surface area (Å²) in [6.07, 6.45) is 0. The Bertz CT molecular complexity index is 733. The van der Waals surface area contributed by atoms with Gasteiger partial charge in [0.2, 0.25) is 0 Å². The highest BCUT2D eigenvalue weighted by Gasteiger charge is 2.53. The maximum absolute atomic E-state index is 13.0. The van der Waals surface area contributed by atoms with Gasteiger partial charge in [-0.2, -0.15) is 0 Å². The van der Waals surface area contributed by atoms with Gasteiger partial charge in [0.05, 0.1) is 5.69 Å². The van der Waals surface area contributed by atoms with Gasteiger partial charge in [-0.15, -0.1) is 23.1 Å². The number of thiophene rings is 1. The lowest BCUT2D eigenvalue weighted by Crippen LogP contribution is -2.33. The highest BCUT2D eigenvalue weighted by molar-refractivity contribution is 7.99. The third-order valence-corrected chi connectivity index (χ3v) is 6.17. The van der Waals surface area contributed by atoms with Crippen LogP contribution in [0.4, 0.5) is 14.9 Å². The summed E-state index contributed by atoms with van der Waals surface area (Å²) in [6.45, 7) is 0. The molecule has 3 heterocycles. The lowest BCUT2D eigenvalue weighted by molar-refractivity contribution is -0.119. The van der Waals surface area contributed by atoms with E-state index in [-0.39, 0.29) is 17.3 Å². The van der Waals surface area contributed by atoms with Crippen LogP contribution in [-0.4, -0.2) is 28.6 Å². The first-order chi connectivity index (χ1) is 10.7. The van der Waals surface area contributed by atoms with E-state index in [0.717, 1.165) is 9.78 Å². The van der Waals surface area contributed by atoms with Gasteiger partial charge in [-0.3, -0.25) is 9.69 Å². The van der Waals surface area contributed by atoms with Crippen molar-refractivity contribution in [3.63, 3.8) is 0 Å². The number of imide groups is 1. The molecule has 112 valence electrons. The molecule has 7 heteroatoms. The Morgan fingerprint density at radius 1 is 1.14 bits per heavy atom. The fraction of sp³-hybridized carbons (Fsp3) is 0.200. The van der Waals surface area contributed by atoms with E-state index in [0.29, 0.717) is 11.4 Å². The number of fused-ring (bicyclic) bond motifs is 1. The summed E-state index contributed by atoms with van der Waals surface area (Å²) in [4.78, 5) is 29.1. The predicted octanol–water partition coefficient (Wildman–Crippen LogP) is 3.47. The molecule has 0 aliphatic carbocycles. The second-order valence-electron chi connectivity index (χ2n) is 5.06. The number of thioether (sulfide) groups is 1. The molecule has 1 aromatic heterocycles. The number of halogens is 1. The molecule has 2 atom stereocenters. The molecule has 2 saturated heterocycles. The second kappa shape index (κ2) is 5.10. The van der Waals surface area contributed by atoms with Crippen molar-refractivity contribution < 1.29 is 14.0 Å². The number of amides is 3. The minimum absolute atomic E-state index is 0.119. The molecule has 22 heavy (non-hydrogen) atoms. The average molecular weight is 334 g/mol. The van der Waals surface area contributed by atoms with Gasteiger partial charge in [-0.1, -0.05) is 6.07 Å². The first-order valence-corrected chi connectivity index (χ1v) is 8.66. The van der Waals surface area contributed by atoms with Crippen LogP contribution in [0.2, 0.25) is 0 Å². The smallest absolute Gasteiger partial charge is 0.294 e. The van der Waals surface area contributed by atoms with Crippen LogP contribution in [0.5, 0.6) is 0 Å². The molecule has 2 aliphatic heterocycles.